The first-order valence-corrected chi connectivity index (χ1v) is 18.6. The van der Waals surface area contributed by atoms with Gasteiger partial charge >= 0.3 is 21.7 Å². The van der Waals surface area contributed by atoms with Gasteiger partial charge in [-0.15, -0.1) is 0 Å². The average Bonchev–Trinajstić information content (AvgIpc) is 3.49. The second-order valence-electron chi connectivity index (χ2n) is 14.0. The number of carbonyl (C=O) groups is 3. The SMILES string of the molecule is Cc1ccc(OS(=O)(=O)C(F)(F)F)c(-c2nn(C)cc2-c2ccc(NC(=O)C3CCCCN3C(=O)[C@H](Cc3ccccc3)NC(=O)OC(C)(C)C)cc2)c1. The van der Waals surface area contributed by atoms with E-state index in [2.05, 4.69) is 19.9 Å². The van der Waals surface area contributed by atoms with Crippen molar-refractivity contribution in [1.29, 1.82) is 0 Å². The number of hydrogen-bond donors (Lipinski definition) is 2. The number of alkyl carbamates (subject to hydrolysis) is 1. The molecule has 0 saturated carbocycles. The third-order valence-electron chi connectivity index (χ3n) is 8.53. The van der Waals surface area contributed by atoms with Gasteiger partial charge in [-0.1, -0.05) is 54.1 Å². The van der Waals surface area contributed by atoms with E-state index in [1.807, 2.05) is 30.3 Å². The number of carbonyl (C=O) groups excluding carboxylic acids is 3. The van der Waals surface area contributed by atoms with Crippen molar-refractivity contribution in [3.8, 4) is 28.1 Å². The van der Waals surface area contributed by atoms with E-state index in [0.717, 1.165) is 11.6 Å². The molecule has 0 bridgehead atoms. The number of hydrogen-bond acceptors (Lipinski definition) is 8. The second-order valence-corrected chi connectivity index (χ2v) is 15.6. The maximum Gasteiger partial charge on any atom is 0.534 e. The van der Waals surface area contributed by atoms with Gasteiger partial charge in [-0.05, 0) is 82.3 Å². The number of rotatable bonds is 10. The first kappa shape index (κ1) is 39.8. The van der Waals surface area contributed by atoms with Crippen molar-refractivity contribution in [3.05, 3.63) is 90.1 Å². The van der Waals surface area contributed by atoms with Crippen LogP contribution < -0.4 is 14.8 Å². The number of anilines is 1. The summed E-state index contributed by atoms with van der Waals surface area (Å²) >= 11 is 0. The average molecular weight is 770 g/mol. The van der Waals surface area contributed by atoms with Crippen LogP contribution in [0.5, 0.6) is 5.75 Å². The van der Waals surface area contributed by atoms with Crippen molar-refractivity contribution in [2.45, 2.75) is 76.6 Å². The number of ether oxygens (including phenoxy) is 1. The molecule has 2 atom stereocenters. The highest BCUT2D eigenvalue weighted by Gasteiger charge is 2.49. The van der Waals surface area contributed by atoms with Gasteiger partial charge in [-0.2, -0.15) is 26.7 Å². The summed E-state index contributed by atoms with van der Waals surface area (Å²) in [6.45, 7) is 7.17. The number of aromatic nitrogens is 2. The third kappa shape index (κ3) is 9.78. The molecule has 54 heavy (non-hydrogen) atoms. The minimum absolute atomic E-state index is 0.0320. The van der Waals surface area contributed by atoms with E-state index in [1.165, 1.54) is 21.7 Å². The molecule has 1 aliphatic rings. The highest BCUT2D eigenvalue weighted by molar-refractivity contribution is 7.88. The second kappa shape index (κ2) is 15.9. The Hall–Kier alpha value is -5.38. The predicted molar refractivity (Wildman–Crippen MR) is 196 cm³/mol. The van der Waals surface area contributed by atoms with Gasteiger partial charge in [0.25, 0.3) is 0 Å². The summed E-state index contributed by atoms with van der Waals surface area (Å²) in [4.78, 5) is 42.1. The van der Waals surface area contributed by atoms with E-state index in [4.69, 9.17) is 4.74 Å². The van der Waals surface area contributed by atoms with Gasteiger partial charge in [0.05, 0.1) is 0 Å². The molecule has 2 N–H and O–H groups in total. The molecule has 3 amide bonds. The van der Waals surface area contributed by atoms with Crippen molar-refractivity contribution in [2.75, 3.05) is 11.9 Å². The van der Waals surface area contributed by atoms with Crippen LogP contribution >= 0.6 is 0 Å². The quantitative estimate of drug-likeness (QED) is 0.133. The number of amides is 3. The minimum Gasteiger partial charge on any atom is -0.444 e. The Kier molecular flexibility index (Phi) is 11.7. The molecule has 1 saturated heterocycles. The fourth-order valence-electron chi connectivity index (χ4n) is 6.09. The number of likely N-dealkylation sites (tertiary alicyclic amines) is 1. The predicted octanol–water partition coefficient (Wildman–Crippen LogP) is 6.75. The van der Waals surface area contributed by atoms with Gasteiger partial charge in [-0.25, -0.2) is 4.79 Å². The maximum absolute atomic E-state index is 14.1. The zero-order chi connectivity index (χ0) is 39.4. The lowest BCUT2D eigenvalue weighted by Gasteiger charge is -2.37. The first-order valence-electron chi connectivity index (χ1n) is 17.2. The normalized spacial score (nSPS) is 15.6. The molecule has 288 valence electrons. The molecular weight excluding hydrogens is 728 g/mol. The zero-order valence-corrected chi connectivity index (χ0v) is 31.3. The summed E-state index contributed by atoms with van der Waals surface area (Å²) in [6.07, 6.45) is 2.86. The fourth-order valence-corrected chi connectivity index (χ4v) is 6.57. The number of benzene rings is 3. The number of piperidine rings is 1. The maximum atomic E-state index is 14.1. The molecule has 1 aromatic heterocycles. The van der Waals surface area contributed by atoms with Crippen LogP contribution in [0.3, 0.4) is 0 Å². The molecule has 1 fully saturated rings. The molecule has 1 unspecified atom stereocenters. The smallest absolute Gasteiger partial charge is 0.444 e. The Morgan fingerprint density at radius 2 is 1.65 bits per heavy atom. The number of nitrogens with one attached hydrogen (secondary N) is 2. The first-order chi connectivity index (χ1) is 25.3. The van der Waals surface area contributed by atoms with Crippen LogP contribution in [-0.2, 0) is 37.9 Å². The van der Waals surface area contributed by atoms with Crippen LogP contribution in [0.15, 0.2) is 79.0 Å². The Labute approximate surface area is 311 Å². The summed E-state index contributed by atoms with van der Waals surface area (Å²) in [5.74, 6) is -1.37. The molecule has 12 nitrogen and oxygen atoms in total. The van der Waals surface area contributed by atoms with Crippen molar-refractivity contribution < 1.29 is 44.9 Å². The standard InChI is InChI=1S/C38H42F3N5O7S/c1-24-14-19-32(53-54(50,51)38(39,40)41)28(21-24)33-29(23-45(5)44-33)26-15-17-27(18-16-26)42-34(47)31-13-9-10-20-46(31)35(48)30(22-25-11-7-6-8-12-25)43-36(49)52-37(2,3)4/h6-8,11-12,14-19,21,23,30-31H,9-10,13,20,22H2,1-5H3,(H,42,47)(H,43,49)/t30-,31?/m0/s1. The molecule has 2 heterocycles. The van der Waals surface area contributed by atoms with Crippen LogP contribution in [0, 0.1) is 6.92 Å². The van der Waals surface area contributed by atoms with Crippen LogP contribution in [0.25, 0.3) is 22.4 Å². The van der Waals surface area contributed by atoms with Crippen LogP contribution in [0.4, 0.5) is 23.7 Å². The molecule has 1 aliphatic heterocycles. The Balaban J connectivity index is 1.36. The molecule has 0 aliphatic carbocycles. The lowest BCUT2D eigenvalue weighted by atomic mass is 9.97. The lowest BCUT2D eigenvalue weighted by molar-refractivity contribution is -0.142. The van der Waals surface area contributed by atoms with E-state index >= 15 is 0 Å². The van der Waals surface area contributed by atoms with Gasteiger partial charge in [0.2, 0.25) is 11.8 Å². The Morgan fingerprint density at radius 1 is 0.963 bits per heavy atom. The van der Waals surface area contributed by atoms with Gasteiger partial charge in [-0.3, -0.25) is 14.3 Å². The van der Waals surface area contributed by atoms with Crippen LogP contribution in [-0.4, -0.2) is 70.7 Å². The van der Waals surface area contributed by atoms with Gasteiger partial charge in [0.15, 0.2) is 5.75 Å². The molecule has 5 rings (SSSR count). The molecular formula is C38H42F3N5O7S. The molecule has 0 radical (unpaired) electrons. The van der Waals surface area contributed by atoms with E-state index < -0.39 is 57.0 Å². The van der Waals surface area contributed by atoms with Crippen LogP contribution in [0.2, 0.25) is 0 Å². The Morgan fingerprint density at radius 3 is 2.30 bits per heavy atom. The van der Waals surface area contributed by atoms with E-state index in [1.54, 1.807) is 65.2 Å². The molecule has 3 aromatic carbocycles. The van der Waals surface area contributed by atoms with Crippen LogP contribution in [0.1, 0.15) is 51.2 Å². The molecule has 4 aromatic rings. The summed E-state index contributed by atoms with van der Waals surface area (Å²) in [5.41, 5.74) is -3.34. The van der Waals surface area contributed by atoms with Crippen molar-refractivity contribution >= 4 is 33.7 Å². The van der Waals surface area contributed by atoms with Gasteiger partial charge in [0, 0.05) is 43.0 Å². The fraction of sp³-hybridized carbons (Fsp3) is 0.368. The van der Waals surface area contributed by atoms with Crippen molar-refractivity contribution in [2.24, 2.45) is 7.05 Å². The van der Waals surface area contributed by atoms with E-state index in [9.17, 15) is 36.0 Å². The summed E-state index contributed by atoms with van der Waals surface area (Å²) < 4.78 is 74.8. The van der Waals surface area contributed by atoms with Gasteiger partial charge < -0.3 is 24.5 Å². The highest BCUT2D eigenvalue weighted by Crippen LogP contribution is 2.39. The van der Waals surface area contributed by atoms with Crippen molar-refractivity contribution in [1.82, 2.24) is 20.0 Å². The lowest BCUT2D eigenvalue weighted by Crippen LogP contribution is -2.57. The topological polar surface area (TPSA) is 149 Å². The molecule has 0 spiro atoms. The number of alkyl halides is 3. The minimum atomic E-state index is -5.96. The number of aryl methyl sites for hydroxylation is 2. The van der Waals surface area contributed by atoms with E-state index in [-0.39, 0.29) is 17.7 Å². The van der Waals surface area contributed by atoms with Crippen molar-refractivity contribution in [3.63, 3.8) is 0 Å². The third-order valence-corrected chi connectivity index (χ3v) is 9.49. The number of halogens is 3. The summed E-state index contributed by atoms with van der Waals surface area (Å²) in [7, 11) is -4.35. The zero-order valence-electron chi connectivity index (χ0n) is 30.4. The molecule has 16 heteroatoms. The summed E-state index contributed by atoms with van der Waals surface area (Å²) in [5, 5.41) is 10.0. The monoisotopic (exact) mass is 769 g/mol. The largest absolute Gasteiger partial charge is 0.534 e. The highest BCUT2D eigenvalue weighted by atomic mass is 32.2. The summed E-state index contributed by atoms with van der Waals surface area (Å²) in [6, 6.07) is 18.0. The van der Waals surface area contributed by atoms with Gasteiger partial charge in [0.1, 0.15) is 23.4 Å². The number of nitrogens with zero attached hydrogens (tertiary/aromatic N) is 3. The van der Waals surface area contributed by atoms with E-state index in [0.29, 0.717) is 48.2 Å². The Bertz CT molecular complexity index is 2100.